The van der Waals surface area contributed by atoms with E-state index in [2.05, 4.69) is 0 Å². The van der Waals surface area contributed by atoms with Crippen LogP contribution < -0.4 is 0 Å². The molecular formula is C16H11NO2. The van der Waals surface area contributed by atoms with Gasteiger partial charge in [-0.05, 0) is 23.6 Å². The number of aldehydes is 1. The van der Waals surface area contributed by atoms with Gasteiger partial charge >= 0.3 is 0 Å². The summed E-state index contributed by atoms with van der Waals surface area (Å²) >= 11 is 0. The van der Waals surface area contributed by atoms with Crippen LogP contribution in [-0.2, 0) is 4.79 Å². The van der Waals surface area contributed by atoms with E-state index in [9.17, 15) is 9.59 Å². The highest BCUT2D eigenvalue weighted by Gasteiger charge is 2.12. The van der Waals surface area contributed by atoms with E-state index in [1.807, 2.05) is 42.5 Å². The van der Waals surface area contributed by atoms with Gasteiger partial charge in [-0.3, -0.25) is 9.59 Å². The lowest BCUT2D eigenvalue weighted by Gasteiger charge is -2.10. The van der Waals surface area contributed by atoms with Crippen LogP contribution in [0.2, 0.25) is 0 Å². The zero-order chi connectivity index (χ0) is 13.2. The minimum absolute atomic E-state index is 0.344. The van der Waals surface area contributed by atoms with Crippen LogP contribution >= 0.6 is 0 Å². The molecule has 0 amide bonds. The molecule has 0 unspecified atom stereocenters. The highest BCUT2D eigenvalue weighted by Crippen LogP contribution is 2.23. The van der Waals surface area contributed by atoms with E-state index in [0.717, 1.165) is 16.5 Å². The number of aromatic nitrogens is 1. The van der Waals surface area contributed by atoms with Crippen molar-refractivity contribution < 1.29 is 9.59 Å². The van der Waals surface area contributed by atoms with Crippen molar-refractivity contribution in [3.8, 4) is 5.69 Å². The van der Waals surface area contributed by atoms with Gasteiger partial charge in [-0.25, -0.2) is 0 Å². The SMILES string of the molecule is O=CC(=O)c1cccn1-c1cccc2ccccc12. The Hall–Kier alpha value is -2.68. The molecule has 1 heterocycles. The lowest BCUT2D eigenvalue weighted by Crippen LogP contribution is -2.07. The maximum atomic E-state index is 11.6. The molecule has 2 aromatic carbocycles. The van der Waals surface area contributed by atoms with Gasteiger partial charge in [0.25, 0.3) is 0 Å². The summed E-state index contributed by atoms with van der Waals surface area (Å²) in [6.07, 6.45) is 2.13. The molecule has 0 fully saturated rings. The molecule has 0 saturated carbocycles. The molecule has 3 heteroatoms. The number of Topliss-reactive ketones (excluding diaryl/α,β-unsaturated/α-hetero) is 1. The minimum atomic E-state index is -0.516. The number of fused-ring (bicyclic) bond motifs is 1. The highest BCUT2D eigenvalue weighted by molar-refractivity contribution is 6.32. The Balaban J connectivity index is 2.28. The zero-order valence-corrected chi connectivity index (χ0v) is 10.1. The summed E-state index contributed by atoms with van der Waals surface area (Å²) in [6.45, 7) is 0. The molecule has 0 aliphatic rings. The first-order valence-corrected chi connectivity index (χ1v) is 5.96. The van der Waals surface area contributed by atoms with Crippen LogP contribution in [0.3, 0.4) is 0 Å². The normalized spacial score (nSPS) is 10.5. The number of carbonyl (C=O) groups excluding carboxylic acids is 2. The molecule has 0 bridgehead atoms. The Labute approximate surface area is 110 Å². The van der Waals surface area contributed by atoms with E-state index in [4.69, 9.17) is 0 Å². The Kier molecular flexibility index (Phi) is 2.72. The van der Waals surface area contributed by atoms with Crippen molar-refractivity contribution in [2.24, 2.45) is 0 Å². The van der Waals surface area contributed by atoms with Crippen LogP contribution in [0, 0.1) is 0 Å². The average molecular weight is 249 g/mol. The number of ketones is 1. The van der Waals surface area contributed by atoms with Gasteiger partial charge in [-0.1, -0.05) is 36.4 Å². The topological polar surface area (TPSA) is 39.1 Å². The maximum absolute atomic E-state index is 11.6. The summed E-state index contributed by atoms with van der Waals surface area (Å²) in [5.41, 5.74) is 1.28. The lowest BCUT2D eigenvalue weighted by molar-refractivity contribution is -0.104. The molecular weight excluding hydrogens is 238 g/mol. The molecule has 0 saturated heterocycles. The van der Waals surface area contributed by atoms with E-state index < -0.39 is 5.78 Å². The van der Waals surface area contributed by atoms with E-state index in [1.54, 1.807) is 22.9 Å². The molecule has 1 aromatic heterocycles. The standard InChI is InChI=1S/C16H11NO2/c18-11-16(19)15-9-4-10-17(15)14-8-3-6-12-5-1-2-7-13(12)14/h1-11H. The van der Waals surface area contributed by atoms with Crippen LogP contribution in [-0.4, -0.2) is 16.6 Å². The van der Waals surface area contributed by atoms with Crippen molar-refractivity contribution in [1.82, 2.24) is 4.57 Å². The zero-order valence-electron chi connectivity index (χ0n) is 10.1. The molecule has 0 radical (unpaired) electrons. The third-order valence-electron chi connectivity index (χ3n) is 3.13. The van der Waals surface area contributed by atoms with Gasteiger partial charge in [0.15, 0.2) is 6.29 Å². The van der Waals surface area contributed by atoms with Gasteiger partial charge in [0.1, 0.15) is 0 Å². The first-order chi connectivity index (χ1) is 9.31. The fourth-order valence-electron chi connectivity index (χ4n) is 2.27. The van der Waals surface area contributed by atoms with E-state index in [0.29, 0.717) is 12.0 Å². The molecule has 3 rings (SSSR count). The van der Waals surface area contributed by atoms with Gasteiger partial charge in [-0.15, -0.1) is 0 Å². The van der Waals surface area contributed by atoms with Crippen LogP contribution in [0.5, 0.6) is 0 Å². The second kappa shape index (κ2) is 4.53. The summed E-state index contributed by atoms with van der Waals surface area (Å²) < 4.78 is 1.75. The van der Waals surface area contributed by atoms with Gasteiger partial charge in [-0.2, -0.15) is 0 Å². The van der Waals surface area contributed by atoms with Crippen molar-refractivity contribution in [2.45, 2.75) is 0 Å². The van der Waals surface area contributed by atoms with Gasteiger partial charge < -0.3 is 4.57 Å². The number of nitrogens with zero attached hydrogens (tertiary/aromatic N) is 1. The number of carbonyl (C=O) groups is 2. The van der Waals surface area contributed by atoms with Gasteiger partial charge in [0, 0.05) is 11.6 Å². The Morgan fingerprint density at radius 3 is 2.58 bits per heavy atom. The Morgan fingerprint density at radius 1 is 0.947 bits per heavy atom. The first-order valence-electron chi connectivity index (χ1n) is 5.96. The van der Waals surface area contributed by atoms with Crippen LogP contribution in [0.25, 0.3) is 16.5 Å². The van der Waals surface area contributed by atoms with E-state index in [-0.39, 0.29) is 0 Å². The summed E-state index contributed by atoms with van der Waals surface area (Å²) in [4.78, 5) is 22.3. The van der Waals surface area contributed by atoms with E-state index >= 15 is 0 Å². The third kappa shape index (κ3) is 1.85. The maximum Gasteiger partial charge on any atom is 0.242 e. The molecule has 0 spiro atoms. The number of hydrogen-bond acceptors (Lipinski definition) is 2. The first kappa shape index (κ1) is 11.4. The fourth-order valence-corrected chi connectivity index (χ4v) is 2.27. The van der Waals surface area contributed by atoms with Crippen LogP contribution in [0.1, 0.15) is 10.5 Å². The molecule has 0 N–H and O–H groups in total. The van der Waals surface area contributed by atoms with Crippen molar-refractivity contribution in [3.63, 3.8) is 0 Å². The van der Waals surface area contributed by atoms with Crippen LogP contribution in [0.15, 0.2) is 60.8 Å². The summed E-state index contributed by atoms with van der Waals surface area (Å²) in [6, 6.07) is 17.2. The number of benzene rings is 2. The second-order valence-corrected chi connectivity index (χ2v) is 4.24. The summed E-state index contributed by atoms with van der Waals surface area (Å²) in [5, 5.41) is 2.14. The minimum Gasteiger partial charge on any atom is -0.313 e. The predicted molar refractivity (Wildman–Crippen MR) is 73.7 cm³/mol. The highest BCUT2D eigenvalue weighted by atomic mass is 16.2. The third-order valence-corrected chi connectivity index (χ3v) is 3.13. The number of hydrogen-bond donors (Lipinski definition) is 0. The monoisotopic (exact) mass is 249 g/mol. The average Bonchev–Trinajstić information content (AvgIpc) is 2.95. The summed E-state index contributed by atoms with van der Waals surface area (Å²) in [7, 11) is 0. The molecule has 0 aliphatic carbocycles. The predicted octanol–water partition coefficient (Wildman–Crippen LogP) is 3.01. The van der Waals surface area contributed by atoms with Crippen molar-refractivity contribution in [2.75, 3.05) is 0 Å². The lowest BCUT2D eigenvalue weighted by atomic mass is 10.1. The fraction of sp³-hybridized carbons (Fsp3) is 0. The number of rotatable bonds is 3. The van der Waals surface area contributed by atoms with Gasteiger partial charge in [0.05, 0.1) is 11.4 Å². The Bertz CT molecular complexity index is 766. The second-order valence-electron chi connectivity index (χ2n) is 4.24. The Morgan fingerprint density at radius 2 is 1.74 bits per heavy atom. The van der Waals surface area contributed by atoms with Crippen LogP contribution in [0.4, 0.5) is 0 Å². The largest absolute Gasteiger partial charge is 0.313 e. The van der Waals surface area contributed by atoms with E-state index in [1.165, 1.54) is 0 Å². The molecule has 92 valence electrons. The van der Waals surface area contributed by atoms with Crippen molar-refractivity contribution in [1.29, 1.82) is 0 Å². The summed E-state index contributed by atoms with van der Waals surface area (Å²) in [5.74, 6) is -0.516. The van der Waals surface area contributed by atoms with Crippen molar-refractivity contribution >= 4 is 22.8 Å². The molecule has 0 aliphatic heterocycles. The molecule has 3 aromatic rings. The van der Waals surface area contributed by atoms with Crippen molar-refractivity contribution in [3.05, 3.63) is 66.5 Å². The quantitative estimate of drug-likeness (QED) is 0.406. The molecule has 19 heavy (non-hydrogen) atoms. The van der Waals surface area contributed by atoms with Gasteiger partial charge in [0.2, 0.25) is 5.78 Å². The smallest absolute Gasteiger partial charge is 0.242 e. The molecule has 3 nitrogen and oxygen atoms in total. The molecule has 0 atom stereocenters.